The zero-order chi connectivity index (χ0) is 12.5. The molecule has 19 heavy (non-hydrogen) atoms. The van der Waals surface area contributed by atoms with E-state index in [9.17, 15) is 4.79 Å². The number of nitrogens with one attached hydrogen (secondary N) is 1. The number of amides is 2. The van der Waals surface area contributed by atoms with Gasteiger partial charge in [0, 0.05) is 19.3 Å². The average Bonchev–Trinajstić information content (AvgIpc) is 2.96. The Balaban J connectivity index is 0.00000133. The summed E-state index contributed by atoms with van der Waals surface area (Å²) in [5.41, 5.74) is 1.40. The second kappa shape index (κ2) is 5.27. The molecule has 1 aliphatic rings. The van der Waals surface area contributed by atoms with Crippen molar-refractivity contribution in [3.63, 3.8) is 0 Å². The van der Waals surface area contributed by atoms with Gasteiger partial charge in [0.1, 0.15) is 5.69 Å². The van der Waals surface area contributed by atoms with Gasteiger partial charge in [-0.2, -0.15) is 5.10 Å². The number of anilines is 1. The lowest BCUT2D eigenvalue weighted by atomic mass is 10.4. The predicted molar refractivity (Wildman–Crippen MR) is 73.8 cm³/mol. The lowest BCUT2D eigenvalue weighted by Crippen LogP contribution is -2.27. The van der Waals surface area contributed by atoms with Crippen LogP contribution in [0, 0.1) is 0 Å². The molecule has 1 aliphatic heterocycles. The van der Waals surface area contributed by atoms with Crippen LogP contribution < -0.4 is 10.2 Å². The molecular formula is C12H14ClN5O. The van der Waals surface area contributed by atoms with Gasteiger partial charge < -0.3 is 5.32 Å². The number of pyridine rings is 1. The first-order chi connectivity index (χ1) is 8.75. The summed E-state index contributed by atoms with van der Waals surface area (Å²) in [6.45, 7) is 1.21. The molecule has 0 aromatic carbocycles. The summed E-state index contributed by atoms with van der Waals surface area (Å²) < 4.78 is 1.61. The molecule has 2 aromatic rings. The smallest absolute Gasteiger partial charge is 0.322 e. The van der Waals surface area contributed by atoms with Crippen LogP contribution in [0.2, 0.25) is 5.15 Å². The van der Waals surface area contributed by atoms with Crippen LogP contribution in [-0.4, -0.2) is 33.9 Å². The lowest BCUT2D eigenvalue weighted by Gasteiger charge is -2.10. The lowest BCUT2D eigenvalue weighted by molar-refractivity contribution is 0.252. The van der Waals surface area contributed by atoms with Gasteiger partial charge in [0.15, 0.2) is 5.15 Å². The van der Waals surface area contributed by atoms with Crippen molar-refractivity contribution in [2.75, 3.05) is 18.0 Å². The van der Waals surface area contributed by atoms with Crippen LogP contribution in [0.5, 0.6) is 0 Å². The van der Waals surface area contributed by atoms with E-state index in [0.29, 0.717) is 23.9 Å². The van der Waals surface area contributed by atoms with E-state index in [4.69, 9.17) is 11.6 Å². The molecule has 0 unspecified atom stereocenters. The van der Waals surface area contributed by atoms with Crippen molar-refractivity contribution in [3.8, 4) is 5.69 Å². The van der Waals surface area contributed by atoms with Gasteiger partial charge in [-0.3, -0.25) is 9.88 Å². The maximum absolute atomic E-state index is 11.6. The van der Waals surface area contributed by atoms with Gasteiger partial charge in [-0.25, -0.2) is 9.48 Å². The normalized spacial score (nSPS) is 14.2. The van der Waals surface area contributed by atoms with Gasteiger partial charge in [0.25, 0.3) is 0 Å². The van der Waals surface area contributed by atoms with E-state index in [1.54, 1.807) is 28.2 Å². The zero-order valence-corrected chi connectivity index (χ0v) is 10.1. The van der Waals surface area contributed by atoms with E-state index in [-0.39, 0.29) is 13.5 Å². The number of hydrogen-bond acceptors (Lipinski definition) is 3. The van der Waals surface area contributed by atoms with Crippen molar-refractivity contribution >= 4 is 23.3 Å². The molecule has 1 N–H and O–H groups in total. The summed E-state index contributed by atoms with van der Waals surface area (Å²) in [5, 5.41) is 7.21. The summed E-state index contributed by atoms with van der Waals surface area (Å²) in [6, 6.07) is 3.53. The highest BCUT2D eigenvalue weighted by Crippen LogP contribution is 2.26. The molecule has 100 valence electrons. The molecule has 2 aromatic heterocycles. The summed E-state index contributed by atoms with van der Waals surface area (Å²) >= 11 is 6.07. The van der Waals surface area contributed by atoms with Gasteiger partial charge in [-0.05, 0) is 12.1 Å². The van der Waals surface area contributed by atoms with Crippen LogP contribution in [0.1, 0.15) is 7.43 Å². The van der Waals surface area contributed by atoms with Crippen LogP contribution in [0.25, 0.3) is 5.69 Å². The highest BCUT2D eigenvalue weighted by atomic mass is 35.5. The number of aromatic nitrogens is 3. The molecule has 3 rings (SSSR count). The number of nitrogens with zero attached hydrogens (tertiary/aromatic N) is 4. The minimum atomic E-state index is -0.150. The molecule has 1 saturated heterocycles. The Bertz CT molecular complexity index is 583. The summed E-state index contributed by atoms with van der Waals surface area (Å²) in [5.74, 6) is 0. The quantitative estimate of drug-likeness (QED) is 0.915. The molecule has 0 spiro atoms. The number of carbonyl (C=O) groups excluding carboxylic acids is 1. The minimum Gasteiger partial charge on any atom is -0.336 e. The number of halogens is 1. The highest BCUT2D eigenvalue weighted by Gasteiger charge is 2.25. The molecule has 0 radical (unpaired) electrons. The molecule has 7 heteroatoms. The SMILES string of the molecule is C.O=C1NCCN1c1cn(-c2cccnc2)nc1Cl. The minimum absolute atomic E-state index is 0. The first-order valence-electron chi connectivity index (χ1n) is 5.46. The molecule has 2 amide bonds. The van der Waals surface area contributed by atoms with E-state index >= 15 is 0 Å². The van der Waals surface area contributed by atoms with Crippen LogP contribution in [0.3, 0.4) is 0 Å². The second-order valence-corrected chi connectivity index (χ2v) is 4.20. The van der Waals surface area contributed by atoms with E-state index in [1.165, 1.54) is 0 Å². The topological polar surface area (TPSA) is 63.1 Å². The Morgan fingerprint density at radius 3 is 2.89 bits per heavy atom. The Hall–Kier alpha value is -2.08. The van der Waals surface area contributed by atoms with E-state index < -0.39 is 0 Å². The monoisotopic (exact) mass is 279 g/mol. The Labute approximate surface area is 116 Å². The van der Waals surface area contributed by atoms with Crippen LogP contribution >= 0.6 is 11.6 Å². The predicted octanol–water partition coefficient (Wildman–Crippen LogP) is 2.09. The number of carbonyl (C=O) groups is 1. The van der Waals surface area contributed by atoms with Crippen LogP contribution in [0.4, 0.5) is 10.5 Å². The van der Waals surface area contributed by atoms with E-state index in [2.05, 4.69) is 15.4 Å². The van der Waals surface area contributed by atoms with Crippen molar-refractivity contribution in [2.45, 2.75) is 7.43 Å². The number of urea groups is 1. The number of hydrogen-bond donors (Lipinski definition) is 1. The third-order valence-corrected chi connectivity index (χ3v) is 2.98. The molecule has 3 heterocycles. The standard InChI is InChI=1S/C11H10ClN5O.CH4/c12-10-9(16-5-4-14-11(16)18)7-17(15-10)8-2-1-3-13-6-8;/h1-3,6-7H,4-5H2,(H,14,18);1H4. The fourth-order valence-electron chi connectivity index (χ4n) is 1.85. The van der Waals surface area contributed by atoms with Crippen molar-refractivity contribution in [1.82, 2.24) is 20.1 Å². The fraction of sp³-hybridized carbons (Fsp3) is 0.250. The number of rotatable bonds is 2. The van der Waals surface area contributed by atoms with E-state index in [1.807, 2.05) is 12.1 Å². The van der Waals surface area contributed by atoms with Gasteiger partial charge in [0.05, 0.1) is 18.1 Å². The van der Waals surface area contributed by atoms with Crippen molar-refractivity contribution in [1.29, 1.82) is 0 Å². The van der Waals surface area contributed by atoms with Gasteiger partial charge >= 0.3 is 6.03 Å². The maximum atomic E-state index is 11.6. The highest BCUT2D eigenvalue weighted by molar-refractivity contribution is 6.32. The second-order valence-electron chi connectivity index (χ2n) is 3.84. The molecule has 1 fully saturated rings. The first kappa shape index (κ1) is 13.4. The summed E-state index contributed by atoms with van der Waals surface area (Å²) in [7, 11) is 0. The van der Waals surface area contributed by atoms with Gasteiger partial charge in [0.2, 0.25) is 0 Å². The molecule has 0 atom stereocenters. The largest absolute Gasteiger partial charge is 0.336 e. The Morgan fingerprint density at radius 2 is 2.26 bits per heavy atom. The maximum Gasteiger partial charge on any atom is 0.322 e. The van der Waals surface area contributed by atoms with E-state index in [0.717, 1.165) is 5.69 Å². The molecule has 0 bridgehead atoms. The zero-order valence-electron chi connectivity index (χ0n) is 9.38. The van der Waals surface area contributed by atoms with Gasteiger partial charge in [-0.15, -0.1) is 0 Å². The van der Waals surface area contributed by atoms with Crippen molar-refractivity contribution in [2.24, 2.45) is 0 Å². The van der Waals surface area contributed by atoms with Crippen molar-refractivity contribution < 1.29 is 4.79 Å². The Kier molecular flexibility index (Phi) is 3.71. The molecule has 0 saturated carbocycles. The summed E-state index contributed by atoms with van der Waals surface area (Å²) in [4.78, 5) is 17.2. The third kappa shape index (κ3) is 2.39. The van der Waals surface area contributed by atoms with Crippen LogP contribution in [-0.2, 0) is 0 Å². The summed E-state index contributed by atoms with van der Waals surface area (Å²) in [6.07, 6.45) is 5.09. The van der Waals surface area contributed by atoms with Crippen molar-refractivity contribution in [3.05, 3.63) is 35.9 Å². The Morgan fingerprint density at radius 1 is 1.42 bits per heavy atom. The molecule has 6 nitrogen and oxygen atoms in total. The fourth-order valence-corrected chi connectivity index (χ4v) is 2.08. The molecular weight excluding hydrogens is 266 g/mol. The third-order valence-electron chi connectivity index (χ3n) is 2.71. The van der Waals surface area contributed by atoms with Crippen LogP contribution in [0.15, 0.2) is 30.7 Å². The average molecular weight is 280 g/mol. The molecule has 0 aliphatic carbocycles. The van der Waals surface area contributed by atoms with Gasteiger partial charge in [-0.1, -0.05) is 19.0 Å². The first-order valence-corrected chi connectivity index (χ1v) is 5.84.